The van der Waals surface area contributed by atoms with Crippen LogP contribution in [-0.4, -0.2) is 25.8 Å². The van der Waals surface area contributed by atoms with Crippen LogP contribution in [-0.2, 0) is 14.3 Å². The highest BCUT2D eigenvalue weighted by atomic mass is 16.7. The number of carbonyl (C=O) groups is 1. The highest BCUT2D eigenvalue weighted by Gasteiger charge is 2.34. The molecule has 0 heterocycles. The minimum atomic E-state index is -0.279. The Morgan fingerprint density at radius 2 is 2.05 bits per heavy atom. The largest absolute Gasteiger partial charge is 0.356 e. The van der Waals surface area contributed by atoms with Crippen molar-refractivity contribution in [2.75, 3.05) is 13.7 Å². The topological polar surface area (TPSA) is 35.5 Å². The smallest absolute Gasteiger partial charge is 0.157 e. The second kappa shape index (κ2) is 7.55. The molecule has 1 fully saturated rings. The van der Waals surface area contributed by atoms with Crippen LogP contribution in [0.15, 0.2) is 30.3 Å². The maximum Gasteiger partial charge on any atom is 0.157 e. The van der Waals surface area contributed by atoms with Gasteiger partial charge in [-0.25, -0.2) is 0 Å². The van der Waals surface area contributed by atoms with Crippen LogP contribution in [0.1, 0.15) is 44.1 Å². The zero-order valence-electron chi connectivity index (χ0n) is 12.4. The fourth-order valence-corrected chi connectivity index (χ4v) is 3.13. The molecule has 3 atom stereocenters. The molecule has 1 aromatic carbocycles. The molecule has 3 heteroatoms. The molecule has 3 unspecified atom stereocenters. The average molecular weight is 276 g/mol. The maximum atomic E-state index is 12.3. The summed E-state index contributed by atoms with van der Waals surface area (Å²) in [5.74, 6) is 0.671. The van der Waals surface area contributed by atoms with E-state index in [1.165, 1.54) is 5.56 Å². The Balaban J connectivity index is 2.14. The molecule has 0 amide bonds. The van der Waals surface area contributed by atoms with Crippen molar-refractivity contribution < 1.29 is 14.3 Å². The van der Waals surface area contributed by atoms with E-state index in [9.17, 15) is 4.79 Å². The molecule has 1 aliphatic rings. The second-order valence-corrected chi connectivity index (χ2v) is 5.34. The van der Waals surface area contributed by atoms with E-state index in [1.807, 2.05) is 25.1 Å². The summed E-state index contributed by atoms with van der Waals surface area (Å²) in [6, 6.07) is 10.3. The van der Waals surface area contributed by atoms with Crippen LogP contribution in [0.4, 0.5) is 0 Å². The number of hydrogen-bond acceptors (Lipinski definition) is 3. The molecule has 1 aromatic rings. The Kier molecular flexibility index (Phi) is 5.74. The standard InChI is InChI=1S/C17H24O3/c1-3-20-17(19-2)12-15-14(10-7-11-16(15)18)13-8-5-4-6-9-13/h4-6,8-9,14-15,17H,3,7,10-12H2,1-2H3. The predicted molar refractivity (Wildman–Crippen MR) is 78.6 cm³/mol. The second-order valence-electron chi connectivity index (χ2n) is 5.34. The van der Waals surface area contributed by atoms with E-state index in [0.717, 1.165) is 12.8 Å². The van der Waals surface area contributed by atoms with E-state index in [2.05, 4.69) is 12.1 Å². The lowest BCUT2D eigenvalue weighted by atomic mass is 9.73. The van der Waals surface area contributed by atoms with Crippen molar-refractivity contribution in [2.24, 2.45) is 5.92 Å². The summed E-state index contributed by atoms with van der Waals surface area (Å²) in [4.78, 5) is 12.3. The van der Waals surface area contributed by atoms with Gasteiger partial charge in [-0.2, -0.15) is 0 Å². The number of ether oxygens (including phenoxy) is 2. The summed E-state index contributed by atoms with van der Waals surface area (Å²) in [6.45, 7) is 2.55. The molecule has 3 nitrogen and oxygen atoms in total. The minimum Gasteiger partial charge on any atom is -0.356 e. The number of methoxy groups -OCH3 is 1. The molecule has 1 aliphatic carbocycles. The third kappa shape index (κ3) is 3.68. The summed E-state index contributed by atoms with van der Waals surface area (Å²) < 4.78 is 10.9. The molecule has 0 aromatic heterocycles. The third-order valence-electron chi connectivity index (χ3n) is 4.13. The highest BCUT2D eigenvalue weighted by Crippen LogP contribution is 2.38. The zero-order chi connectivity index (χ0) is 14.4. The minimum absolute atomic E-state index is 0.0163. The first-order valence-electron chi connectivity index (χ1n) is 7.48. The molecule has 1 saturated carbocycles. The van der Waals surface area contributed by atoms with Crippen LogP contribution in [0.5, 0.6) is 0 Å². The third-order valence-corrected chi connectivity index (χ3v) is 4.13. The molecule has 0 spiro atoms. The first kappa shape index (κ1) is 15.2. The molecule has 0 aliphatic heterocycles. The van der Waals surface area contributed by atoms with Gasteiger partial charge in [-0.1, -0.05) is 30.3 Å². The number of hydrogen-bond donors (Lipinski definition) is 0. The Morgan fingerprint density at radius 1 is 1.30 bits per heavy atom. The molecule has 0 radical (unpaired) electrons. The van der Waals surface area contributed by atoms with Crippen molar-refractivity contribution in [2.45, 2.75) is 44.8 Å². The van der Waals surface area contributed by atoms with Gasteiger partial charge in [-0.05, 0) is 31.2 Å². The molecule has 20 heavy (non-hydrogen) atoms. The summed E-state index contributed by atoms with van der Waals surface area (Å²) in [7, 11) is 1.64. The van der Waals surface area contributed by atoms with Crippen LogP contribution in [0.25, 0.3) is 0 Å². The van der Waals surface area contributed by atoms with Gasteiger partial charge in [0.1, 0.15) is 5.78 Å². The Morgan fingerprint density at radius 3 is 2.70 bits per heavy atom. The van der Waals surface area contributed by atoms with E-state index >= 15 is 0 Å². The first-order valence-corrected chi connectivity index (χ1v) is 7.48. The zero-order valence-corrected chi connectivity index (χ0v) is 12.4. The van der Waals surface area contributed by atoms with Crippen molar-refractivity contribution in [1.29, 1.82) is 0 Å². The van der Waals surface area contributed by atoms with Gasteiger partial charge < -0.3 is 9.47 Å². The van der Waals surface area contributed by atoms with Crippen molar-refractivity contribution in [3.63, 3.8) is 0 Å². The van der Waals surface area contributed by atoms with Gasteiger partial charge in [0.15, 0.2) is 6.29 Å². The number of rotatable bonds is 6. The van der Waals surface area contributed by atoms with Gasteiger partial charge in [0.2, 0.25) is 0 Å². The van der Waals surface area contributed by atoms with Crippen LogP contribution < -0.4 is 0 Å². The molecule has 0 bridgehead atoms. The van der Waals surface area contributed by atoms with Gasteiger partial charge in [0, 0.05) is 32.5 Å². The van der Waals surface area contributed by atoms with Gasteiger partial charge in [0.05, 0.1) is 0 Å². The van der Waals surface area contributed by atoms with Gasteiger partial charge in [0.25, 0.3) is 0 Å². The van der Waals surface area contributed by atoms with Crippen LogP contribution in [0.3, 0.4) is 0 Å². The van der Waals surface area contributed by atoms with Crippen molar-refractivity contribution in [3.8, 4) is 0 Å². The molecule has 0 saturated heterocycles. The van der Waals surface area contributed by atoms with Gasteiger partial charge >= 0.3 is 0 Å². The van der Waals surface area contributed by atoms with Crippen LogP contribution >= 0.6 is 0 Å². The van der Waals surface area contributed by atoms with E-state index in [4.69, 9.17) is 9.47 Å². The summed E-state index contributed by atoms with van der Waals surface area (Å²) in [5.41, 5.74) is 1.26. The Hall–Kier alpha value is -1.19. The van der Waals surface area contributed by atoms with Crippen LogP contribution in [0.2, 0.25) is 0 Å². The van der Waals surface area contributed by atoms with Crippen LogP contribution in [0, 0.1) is 5.92 Å². The van der Waals surface area contributed by atoms with E-state index in [-0.39, 0.29) is 12.2 Å². The molecule has 110 valence electrons. The lowest BCUT2D eigenvalue weighted by Crippen LogP contribution is -2.32. The van der Waals surface area contributed by atoms with Crippen molar-refractivity contribution in [1.82, 2.24) is 0 Å². The maximum absolute atomic E-state index is 12.3. The summed E-state index contributed by atoms with van der Waals surface area (Å²) in [5, 5.41) is 0. The Bertz CT molecular complexity index is 416. The Labute approximate surface area is 121 Å². The fraction of sp³-hybridized carbons (Fsp3) is 0.588. The quantitative estimate of drug-likeness (QED) is 0.746. The molecular weight excluding hydrogens is 252 g/mol. The first-order chi connectivity index (χ1) is 9.76. The fourth-order valence-electron chi connectivity index (χ4n) is 3.13. The molecule has 0 N–H and O–H groups in total. The normalized spacial score (nSPS) is 24.6. The number of carbonyl (C=O) groups excluding carboxylic acids is 1. The molecule has 2 rings (SSSR count). The molecular formula is C17H24O3. The predicted octanol–water partition coefficient (Wildman–Crippen LogP) is 3.54. The SMILES string of the molecule is CCOC(CC1C(=O)CCCC1c1ccccc1)OC. The monoisotopic (exact) mass is 276 g/mol. The van der Waals surface area contributed by atoms with E-state index < -0.39 is 0 Å². The van der Waals surface area contributed by atoms with Gasteiger partial charge in [-0.15, -0.1) is 0 Å². The van der Waals surface area contributed by atoms with Crippen molar-refractivity contribution >= 4 is 5.78 Å². The summed E-state index contributed by atoms with van der Waals surface area (Å²) in [6.07, 6.45) is 3.13. The highest BCUT2D eigenvalue weighted by molar-refractivity contribution is 5.82. The van der Waals surface area contributed by atoms with E-state index in [1.54, 1.807) is 7.11 Å². The number of ketones is 1. The lowest BCUT2D eigenvalue weighted by molar-refractivity contribution is -0.145. The average Bonchev–Trinajstić information content (AvgIpc) is 2.49. The number of benzene rings is 1. The van der Waals surface area contributed by atoms with Gasteiger partial charge in [-0.3, -0.25) is 4.79 Å². The van der Waals surface area contributed by atoms with Crippen molar-refractivity contribution in [3.05, 3.63) is 35.9 Å². The van der Waals surface area contributed by atoms with E-state index in [0.29, 0.717) is 31.1 Å². The lowest BCUT2D eigenvalue weighted by Gasteiger charge is -2.32. The number of Topliss-reactive ketones (excluding diaryl/α,β-unsaturated/α-hetero) is 1. The summed E-state index contributed by atoms with van der Waals surface area (Å²) >= 11 is 0.